The van der Waals surface area contributed by atoms with Crippen molar-refractivity contribution in [2.45, 2.75) is 26.3 Å². The second-order valence-corrected chi connectivity index (χ2v) is 3.33. The molecule has 1 rings (SSSR count). The van der Waals surface area contributed by atoms with Gasteiger partial charge in [0.25, 0.3) is 0 Å². The van der Waals surface area contributed by atoms with Gasteiger partial charge in [-0.3, -0.25) is 0 Å². The van der Waals surface area contributed by atoms with Crippen molar-refractivity contribution in [1.82, 2.24) is 0 Å². The average molecular weight is 177 g/mol. The predicted molar refractivity (Wildman–Crippen MR) is 50.8 cm³/mol. The second kappa shape index (κ2) is 4.04. The van der Waals surface area contributed by atoms with Crippen molar-refractivity contribution in [3.05, 3.63) is 46.6 Å². The first-order valence-electron chi connectivity index (χ1n) is 4.26. The maximum Gasteiger partial charge on any atom is 0.239 e. The summed E-state index contributed by atoms with van der Waals surface area (Å²) in [5.41, 5.74) is 1.58. The Balaban J connectivity index is 3.05. The number of hydrogen-bond donors (Lipinski definition) is 0. The Kier molecular flexibility index (Phi) is 3.02. The molecule has 0 saturated heterocycles. The summed E-state index contributed by atoms with van der Waals surface area (Å²) in [6.45, 7) is 10.9. The highest BCUT2D eigenvalue weighted by atomic mass is 19.1. The van der Waals surface area contributed by atoms with Crippen LogP contribution < -0.4 is 0 Å². The Hall–Kier alpha value is -1.36. The summed E-state index contributed by atoms with van der Waals surface area (Å²) in [5, 5.41) is 0. The lowest BCUT2D eigenvalue weighted by Crippen LogP contribution is -1.94. The molecular weight excluding hydrogens is 165 g/mol. The predicted octanol–water partition coefficient (Wildman–Crippen LogP) is 3.37. The van der Waals surface area contributed by atoms with E-state index in [-0.39, 0.29) is 11.7 Å². The number of nitrogens with zero attached hydrogens (tertiary/aromatic N) is 1. The molecule has 0 aliphatic carbocycles. The summed E-state index contributed by atoms with van der Waals surface area (Å²) in [6.07, 6.45) is 0. The number of rotatable bonds is 2. The first-order valence-corrected chi connectivity index (χ1v) is 4.26. The number of halogens is 1. The topological polar surface area (TPSA) is 4.36 Å². The van der Waals surface area contributed by atoms with Gasteiger partial charge in [0, 0.05) is 5.56 Å². The molecule has 0 N–H and O–H groups in total. The third-order valence-corrected chi connectivity index (χ3v) is 1.94. The van der Waals surface area contributed by atoms with E-state index in [0.717, 1.165) is 5.56 Å². The van der Waals surface area contributed by atoms with E-state index >= 15 is 0 Å². The maximum atomic E-state index is 13.2. The van der Waals surface area contributed by atoms with Gasteiger partial charge >= 0.3 is 0 Å². The quantitative estimate of drug-likeness (QED) is 0.610. The van der Waals surface area contributed by atoms with Gasteiger partial charge in [-0.25, -0.2) is 11.0 Å². The fraction of sp³-hybridized carbons (Fsp3) is 0.364. The van der Waals surface area contributed by atoms with Crippen LogP contribution in [0.1, 0.15) is 30.9 Å². The summed E-state index contributed by atoms with van der Waals surface area (Å²) >= 11 is 0. The molecular formula is C11H12FN. The van der Waals surface area contributed by atoms with Crippen molar-refractivity contribution in [2.75, 3.05) is 0 Å². The zero-order valence-electron chi connectivity index (χ0n) is 7.84. The Morgan fingerprint density at radius 2 is 2.15 bits per heavy atom. The highest BCUT2D eigenvalue weighted by Gasteiger charge is 2.07. The van der Waals surface area contributed by atoms with E-state index < -0.39 is 0 Å². The van der Waals surface area contributed by atoms with E-state index in [2.05, 4.69) is 4.85 Å². The SMILES string of the molecule is [C-]#[N+]Cc1ccc(F)c(C(C)C)c1. The van der Waals surface area contributed by atoms with Crippen molar-refractivity contribution in [2.24, 2.45) is 0 Å². The standard InChI is InChI=1S/C11H12FN/c1-8(2)10-6-9(7-13-3)4-5-11(10)12/h4-6,8H,7H2,1-2H3. The van der Waals surface area contributed by atoms with Gasteiger partial charge in [0.2, 0.25) is 6.54 Å². The van der Waals surface area contributed by atoms with Crippen LogP contribution in [0, 0.1) is 12.4 Å². The van der Waals surface area contributed by atoms with Crippen molar-refractivity contribution < 1.29 is 4.39 Å². The van der Waals surface area contributed by atoms with Gasteiger partial charge in [-0.2, -0.15) is 0 Å². The minimum atomic E-state index is -0.177. The first kappa shape index (κ1) is 9.73. The van der Waals surface area contributed by atoms with Crippen LogP contribution in [-0.2, 0) is 6.54 Å². The molecule has 0 spiro atoms. The molecule has 0 unspecified atom stereocenters. The molecule has 2 heteroatoms. The third-order valence-electron chi connectivity index (χ3n) is 1.94. The van der Waals surface area contributed by atoms with Gasteiger partial charge < -0.3 is 4.85 Å². The molecule has 0 saturated carbocycles. The van der Waals surface area contributed by atoms with Crippen LogP contribution in [0.3, 0.4) is 0 Å². The molecule has 0 radical (unpaired) electrons. The van der Waals surface area contributed by atoms with Gasteiger partial charge in [0.05, 0.1) is 0 Å². The van der Waals surface area contributed by atoms with Gasteiger partial charge in [-0.1, -0.05) is 13.8 Å². The van der Waals surface area contributed by atoms with E-state index in [0.29, 0.717) is 12.1 Å². The van der Waals surface area contributed by atoms with Gasteiger partial charge in [-0.15, -0.1) is 0 Å². The van der Waals surface area contributed by atoms with Crippen LogP contribution in [-0.4, -0.2) is 0 Å². The number of hydrogen-bond acceptors (Lipinski definition) is 0. The Morgan fingerprint density at radius 3 is 2.69 bits per heavy atom. The fourth-order valence-electron chi connectivity index (χ4n) is 1.23. The Bertz CT molecular complexity index is 336. The van der Waals surface area contributed by atoms with Crippen LogP contribution in [0.2, 0.25) is 0 Å². The summed E-state index contributed by atoms with van der Waals surface area (Å²) in [6, 6.07) is 4.88. The van der Waals surface area contributed by atoms with E-state index in [1.807, 2.05) is 13.8 Å². The van der Waals surface area contributed by atoms with Crippen LogP contribution >= 0.6 is 0 Å². The van der Waals surface area contributed by atoms with Crippen LogP contribution in [0.25, 0.3) is 4.85 Å². The Labute approximate surface area is 78.0 Å². The molecule has 1 nitrogen and oxygen atoms in total. The second-order valence-electron chi connectivity index (χ2n) is 3.33. The van der Waals surface area contributed by atoms with Crippen LogP contribution in [0.4, 0.5) is 4.39 Å². The lowest BCUT2D eigenvalue weighted by atomic mass is 10.0. The third kappa shape index (κ3) is 2.29. The first-order chi connectivity index (χ1) is 6.15. The molecule has 0 bridgehead atoms. The van der Waals surface area contributed by atoms with E-state index in [1.54, 1.807) is 12.1 Å². The number of benzene rings is 1. The van der Waals surface area contributed by atoms with E-state index in [9.17, 15) is 4.39 Å². The average Bonchev–Trinajstić information content (AvgIpc) is 2.08. The highest BCUT2D eigenvalue weighted by molar-refractivity contribution is 5.28. The zero-order valence-corrected chi connectivity index (χ0v) is 7.84. The zero-order chi connectivity index (χ0) is 9.84. The molecule has 1 aromatic rings. The molecule has 0 fully saturated rings. The Morgan fingerprint density at radius 1 is 1.46 bits per heavy atom. The summed E-state index contributed by atoms with van der Waals surface area (Å²) in [7, 11) is 0. The van der Waals surface area contributed by atoms with Gasteiger partial charge in [0.1, 0.15) is 5.82 Å². The van der Waals surface area contributed by atoms with Crippen molar-refractivity contribution >= 4 is 0 Å². The van der Waals surface area contributed by atoms with Crippen LogP contribution in [0.15, 0.2) is 18.2 Å². The van der Waals surface area contributed by atoms with E-state index in [1.165, 1.54) is 6.07 Å². The molecule has 0 aromatic heterocycles. The summed E-state index contributed by atoms with van der Waals surface area (Å²) < 4.78 is 13.2. The lowest BCUT2D eigenvalue weighted by Gasteiger charge is -2.06. The minimum absolute atomic E-state index is 0.172. The van der Waals surface area contributed by atoms with Crippen molar-refractivity contribution in [1.29, 1.82) is 0 Å². The summed E-state index contributed by atoms with van der Waals surface area (Å²) in [4.78, 5) is 3.26. The minimum Gasteiger partial charge on any atom is -0.312 e. The highest BCUT2D eigenvalue weighted by Crippen LogP contribution is 2.20. The van der Waals surface area contributed by atoms with Crippen molar-refractivity contribution in [3.8, 4) is 0 Å². The van der Waals surface area contributed by atoms with Crippen LogP contribution in [0.5, 0.6) is 0 Å². The van der Waals surface area contributed by atoms with Crippen molar-refractivity contribution in [3.63, 3.8) is 0 Å². The van der Waals surface area contributed by atoms with Gasteiger partial charge in [-0.05, 0) is 29.7 Å². The van der Waals surface area contributed by atoms with E-state index in [4.69, 9.17) is 6.57 Å². The molecule has 0 aliphatic heterocycles. The molecule has 0 aliphatic rings. The van der Waals surface area contributed by atoms with Gasteiger partial charge in [0.15, 0.2) is 0 Å². The molecule has 0 atom stereocenters. The normalized spacial score (nSPS) is 10.1. The monoisotopic (exact) mass is 177 g/mol. The molecule has 0 amide bonds. The molecule has 0 heterocycles. The molecule has 13 heavy (non-hydrogen) atoms. The smallest absolute Gasteiger partial charge is 0.239 e. The molecule has 68 valence electrons. The summed E-state index contributed by atoms with van der Waals surface area (Å²) in [5.74, 6) is -0.00517. The largest absolute Gasteiger partial charge is 0.312 e. The maximum absolute atomic E-state index is 13.2. The fourth-order valence-corrected chi connectivity index (χ4v) is 1.23. The lowest BCUT2D eigenvalue weighted by molar-refractivity contribution is 0.597. The molecule has 1 aromatic carbocycles.